The molecule has 0 amide bonds. The molecule has 0 atom stereocenters. The molecular weight excluding hydrogens is 287 g/mol. The second-order valence-corrected chi connectivity index (χ2v) is 7.57. The van der Waals surface area contributed by atoms with Gasteiger partial charge in [0.05, 0.1) is 0 Å². The fourth-order valence-electron chi connectivity index (χ4n) is 2.06. The van der Waals surface area contributed by atoms with Gasteiger partial charge in [-0.25, -0.2) is 17.5 Å². The summed E-state index contributed by atoms with van der Waals surface area (Å²) in [6.45, 7) is 1.50. The van der Waals surface area contributed by atoms with Crippen molar-refractivity contribution in [3.63, 3.8) is 0 Å². The molecule has 0 spiro atoms. The highest BCUT2D eigenvalue weighted by molar-refractivity contribution is 7.99. The molecule has 1 aromatic carbocycles. The molecular formula is C12H17FN2O2S2. The van der Waals surface area contributed by atoms with Gasteiger partial charge in [0.1, 0.15) is 10.7 Å². The zero-order chi connectivity index (χ0) is 14.0. The summed E-state index contributed by atoms with van der Waals surface area (Å²) in [7, 11) is -3.85. The number of halogens is 1. The Morgan fingerprint density at radius 3 is 2.63 bits per heavy atom. The number of aryl methyl sites for hydroxylation is 1. The van der Waals surface area contributed by atoms with Gasteiger partial charge < -0.3 is 5.73 Å². The molecule has 3 N–H and O–H groups in total. The van der Waals surface area contributed by atoms with E-state index < -0.39 is 15.8 Å². The maximum atomic E-state index is 14.0. The largest absolute Gasteiger partial charge is 0.399 e. The number of hydrogen-bond acceptors (Lipinski definition) is 4. The standard InChI is InChI=1S/C12H17FN2O2S2/c1-8-6-9(14)7-11(12(8)13)19(16,17)15-10-2-4-18-5-3-10/h6-7,10,15H,2-5,14H2,1H3. The van der Waals surface area contributed by atoms with Crippen LogP contribution in [0.15, 0.2) is 17.0 Å². The average Bonchev–Trinajstić information content (AvgIpc) is 2.34. The Kier molecular flexibility index (Phi) is 4.37. The molecule has 1 fully saturated rings. The molecule has 19 heavy (non-hydrogen) atoms. The van der Waals surface area contributed by atoms with Gasteiger partial charge in [-0.2, -0.15) is 11.8 Å². The zero-order valence-corrected chi connectivity index (χ0v) is 12.3. The van der Waals surface area contributed by atoms with E-state index in [4.69, 9.17) is 5.73 Å². The van der Waals surface area contributed by atoms with Gasteiger partial charge in [-0.1, -0.05) is 0 Å². The second-order valence-electron chi connectivity index (χ2n) is 4.66. The number of sulfonamides is 1. The molecule has 0 aliphatic carbocycles. The number of nitrogen functional groups attached to an aromatic ring is 1. The van der Waals surface area contributed by atoms with Gasteiger partial charge >= 0.3 is 0 Å². The number of rotatable bonds is 3. The Hall–Kier alpha value is -0.790. The van der Waals surface area contributed by atoms with Crippen LogP contribution in [0.2, 0.25) is 0 Å². The molecule has 1 heterocycles. The van der Waals surface area contributed by atoms with Gasteiger partial charge in [0.25, 0.3) is 0 Å². The minimum atomic E-state index is -3.85. The lowest BCUT2D eigenvalue weighted by Gasteiger charge is -2.22. The summed E-state index contributed by atoms with van der Waals surface area (Å²) in [6.07, 6.45) is 1.54. The lowest BCUT2D eigenvalue weighted by atomic mass is 10.2. The minimum absolute atomic E-state index is 0.118. The van der Waals surface area contributed by atoms with Crippen LogP contribution < -0.4 is 10.5 Å². The Morgan fingerprint density at radius 2 is 2.00 bits per heavy atom. The highest BCUT2D eigenvalue weighted by Crippen LogP contribution is 2.24. The van der Waals surface area contributed by atoms with E-state index >= 15 is 0 Å². The summed E-state index contributed by atoms with van der Waals surface area (Å²) >= 11 is 1.80. The van der Waals surface area contributed by atoms with Crippen LogP contribution in [0.3, 0.4) is 0 Å². The summed E-state index contributed by atoms with van der Waals surface area (Å²) in [5.74, 6) is 1.11. The number of nitrogens with one attached hydrogen (secondary N) is 1. The first kappa shape index (κ1) is 14.6. The van der Waals surface area contributed by atoms with Crippen molar-refractivity contribution in [2.45, 2.75) is 30.7 Å². The van der Waals surface area contributed by atoms with Crippen molar-refractivity contribution in [3.05, 3.63) is 23.5 Å². The average molecular weight is 304 g/mol. The Morgan fingerprint density at radius 1 is 1.37 bits per heavy atom. The fourth-order valence-corrected chi connectivity index (χ4v) is 4.65. The van der Waals surface area contributed by atoms with Crippen molar-refractivity contribution in [2.24, 2.45) is 0 Å². The van der Waals surface area contributed by atoms with E-state index in [0.717, 1.165) is 24.3 Å². The summed E-state index contributed by atoms with van der Waals surface area (Å²) in [5, 5.41) is 0. The maximum Gasteiger partial charge on any atom is 0.243 e. The van der Waals surface area contributed by atoms with E-state index in [9.17, 15) is 12.8 Å². The molecule has 1 aliphatic rings. The Bertz CT molecular complexity index is 569. The lowest BCUT2D eigenvalue weighted by molar-refractivity contribution is 0.518. The third kappa shape index (κ3) is 3.40. The molecule has 1 aliphatic heterocycles. The lowest BCUT2D eigenvalue weighted by Crippen LogP contribution is -2.37. The molecule has 7 heteroatoms. The number of thioether (sulfide) groups is 1. The minimum Gasteiger partial charge on any atom is -0.399 e. The van der Waals surface area contributed by atoms with Crippen LogP contribution >= 0.6 is 11.8 Å². The first-order chi connectivity index (χ1) is 8.90. The van der Waals surface area contributed by atoms with E-state index in [2.05, 4.69) is 4.72 Å². The van der Waals surface area contributed by atoms with Crippen LogP contribution in [-0.2, 0) is 10.0 Å². The van der Waals surface area contributed by atoms with Gasteiger partial charge in [0.2, 0.25) is 10.0 Å². The number of hydrogen-bond donors (Lipinski definition) is 2. The van der Waals surface area contributed by atoms with Crippen LogP contribution in [0, 0.1) is 12.7 Å². The van der Waals surface area contributed by atoms with E-state index in [1.807, 2.05) is 0 Å². The van der Waals surface area contributed by atoms with Crippen molar-refractivity contribution >= 4 is 27.5 Å². The molecule has 0 aromatic heterocycles. The first-order valence-electron chi connectivity index (χ1n) is 6.06. The van der Waals surface area contributed by atoms with Crippen LogP contribution in [-0.4, -0.2) is 26.0 Å². The molecule has 1 aromatic rings. The summed E-state index contributed by atoms with van der Waals surface area (Å²) < 4.78 is 40.9. The highest BCUT2D eigenvalue weighted by atomic mass is 32.2. The monoisotopic (exact) mass is 304 g/mol. The first-order valence-corrected chi connectivity index (χ1v) is 8.69. The number of nitrogens with two attached hydrogens (primary N) is 1. The van der Waals surface area contributed by atoms with Gasteiger partial charge in [-0.05, 0) is 49.0 Å². The molecule has 0 radical (unpaired) electrons. The van der Waals surface area contributed by atoms with Crippen LogP contribution in [0.25, 0.3) is 0 Å². The molecule has 0 bridgehead atoms. The van der Waals surface area contributed by atoms with Gasteiger partial charge in [-0.15, -0.1) is 0 Å². The smallest absolute Gasteiger partial charge is 0.243 e. The highest BCUT2D eigenvalue weighted by Gasteiger charge is 2.25. The van der Waals surface area contributed by atoms with Crippen molar-refractivity contribution < 1.29 is 12.8 Å². The predicted molar refractivity (Wildman–Crippen MR) is 76.2 cm³/mol. The van der Waals surface area contributed by atoms with Crippen LogP contribution in [0.1, 0.15) is 18.4 Å². The maximum absolute atomic E-state index is 14.0. The van der Waals surface area contributed by atoms with Crippen molar-refractivity contribution in [1.82, 2.24) is 4.72 Å². The molecule has 1 saturated heterocycles. The Balaban J connectivity index is 2.28. The summed E-state index contributed by atoms with van der Waals surface area (Å²) in [6, 6.07) is 2.47. The fraction of sp³-hybridized carbons (Fsp3) is 0.500. The third-order valence-corrected chi connectivity index (χ3v) is 5.64. The van der Waals surface area contributed by atoms with Crippen molar-refractivity contribution in [2.75, 3.05) is 17.2 Å². The molecule has 0 saturated carbocycles. The molecule has 0 unspecified atom stereocenters. The van der Waals surface area contributed by atoms with E-state index in [1.54, 1.807) is 11.8 Å². The van der Waals surface area contributed by atoms with E-state index in [1.165, 1.54) is 19.1 Å². The summed E-state index contributed by atoms with van der Waals surface area (Å²) in [5.41, 5.74) is 6.08. The molecule has 2 rings (SSSR count). The van der Waals surface area contributed by atoms with Crippen molar-refractivity contribution in [1.29, 1.82) is 0 Å². The second kappa shape index (κ2) is 5.68. The van der Waals surface area contributed by atoms with Gasteiger partial charge in [0, 0.05) is 11.7 Å². The van der Waals surface area contributed by atoms with Crippen molar-refractivity contribution in [3.8, 4) is 0 Å². The number of anilines is 1. The summed E-state index contributed by atoms with van der Waals surface area (Å²) in [4.78, 5) is -0.358. The molecule has 106 valence electrons. The quantitative estimate of drug-likeness (QED) is 0.837. The van der Waals surface area contributed by atoms with Gasteiger partial charge in [0.15, 0.2) is 0 Å². The SMILES string of the molecule is Cc1cc(N)cc(S(=O)(=O)NC2CCSCC2)c1F. The van der Waals surface area contributed by atoms with E-state index in [-0.39, 0.29) is 22.2 Å². The topological polar surface area (TPSA) is 72.2 Å². The van der Waals surface area contributed by atoms with E-state index in [0.29, 0.717) is 0 Å². The van der Waals surface area contributed by atoms with Gasteiger partial charge in [-0.3, -0.25) is 0 Å². The Labute approximate surface area is 117 Å². The third-order valence-electron chi connectivity index (χ3n) is 3.08. The predicted octanol–water partition coefficient (Wildman–Crippen LogP) is 1.89. The normalized spacial score (nSPS) is 17.6. The molecule has 4 nitrogen and oxygen atoms in total. The number of benzene rings is 1. The zero-order valence-electron chi connectivity index (χ0n) is 10.6. The van der Waals surface area contributed by atoms with Crippen LogP contribution in [0.4, 0.5) is 10.1 Å². The van der Waals surface area contributed by atoms with Crippen LogP contribution in [0.5, 0.6) is 0 Å².